The number of hydrazone groups is 1. The minimum absolute atomic E-state index is 0.237. The molecule has 0 aromatic heterocycles. The van der Waals surface area contributed by atoms with E-state index in [2.05, 4.69) is 64.4 Å². The van der Waals surface area contributed by atoms with Gasteiger partial charge in [-0.05, 0) is 25.8 Å². The molecule has 8 nitrogen and oxygen atoms in total. The molecule has 0 aromatic carbocycles. The first-order valence-electron chi connectivity index (χ1n) is 10.7. The molecular formula is C21H38N8. The summed E-state index contributed by atoms with van der Waals surface area (Å²) in [5.74, 6) is 0.957. The number of hydrogen-bond donors (Lipinski definition) is 3. The van der Waals surface area contributed by atoms with Crippen molar-refractivity contribution in [3.8, 4) is 0 Å². The van der Waals surface area contributed by atoms with Gasteiger partial charge in [-0.15, -0.1) is 0 Å². The predicted octanol–water partition coefficient (Wildman–Crippen LogP) is 1.55. The molecule has 0 aliphatic carbocycles. The van der Waals surface area contributed by atoms with Gasteiger partial charge in [0.25, 0.3) is 0 Å². The van der Waals surface area contributed by atoms with E-state index >= 15 is 0 Å². The van der Waals surface area contributed by atoms with Crippen LogP contribution in [0.2, 0.25) is 0 Å². The maximum atomic E-state index is 7.82. The molecule has 29 heavy (non-hydrogen) atoms. The minimum atomic E-state index is 0.237. The van der Waals surface area contributed by atoms with Crippen LogP contribution in [0, 0.1) is 11.3 Å². The summed E-state index contributed by atoms with van der Waals surface area (Å²) in [6, 6.07) is 0.561. The van der Waals surface area contributed by atoms with Gasteiger partial charge in [0, 0.05) is 77.0 Å². The van der Waals surface area contributed by atoms with Gasteiger partial charge in [-0.25, -0.2) is 4.99 Å². The monoisotopic (exact) mass is 402 g/mol. The van der Waals surface area contributed by atoms with Gasteiger partial charge < -0.3 is 20.5 Å². The van der Waals surface area contributed by atoms with Gasteiger partial charge in [-0.3, -0.25) is 10.3 Å². The molecular weight excluding hydrogens is 364 g/mol. The molecule has 0 atom stereocenters. The number of nitrogens with zero attached hydrogens (tertiary/aromatic N) is 5. The van der Waals surface area contributed by atoms with Crippen molar-refractivity contribution < 1.29 is 0 Å². The first kappa shape index (κ1) is 23.1. The maximum Gasteiger partial charge on any atom is 0.146 e. The highest BCUT2D eigenvalue weighted by atomic mass is 15.3. The molecule has 0 radical (unpaired) electrons. The van der Waals surface area contributed by atoms with E-state index in [0.29, 0.717) is 6.04 Å². The molecule has 2 fully saturated rings. The van der Waals surface area contributed by atoms with Gasteiger partial charge in [0.1, 0.15) is 5.84 Å². The molecule has 2 rings (SSSR count). The Hall–Kier alpha value is -2.19. The van der Waals surface area contributed by atoms with Crippen LogP contribution in [0.15, 0.2) is 34.3 Å². The Morgan fingerprint density at radius 1 is 1.03 bits per heavy atom. The van der Waals surface area contributed by atoms with Crippen molar-refractivity contribution in [3.63, 3.8) is 0 Å². The topological polar surface area (TPSA) is 82.3 Å². The second kappa shape index (κ2) is 12.4. The van der Waals surface area contributed by atoms with Crippen molar-refractivity contribution in [1.29, 1.82) is 5.41 Å². The van der Waals surface area contributed by atoms with E-state index in [1.54, 1.807) is 6.21 Å². The molecule has 0 saturated carbocycles. The molecule has 0 amide bonds. The number of amidine groups is 1. The van der Waals surface area contributed by atoms with E-state index in [-0.39, 0.29) is 5.92 Å². The molecule has 8 heteroatoms. The zero-order valence-corrected chi connectivity index (χ0v) is 18.4. The van der Waals surface area contributed by atoms with Crippen LogP contribution < -0.4 is 10.7 Å². The fourth-order valence-corrected chi connectivity index (χ4v) is 3.30. The fourth-order valence-electron chi connectivity index (χ4n) is 3.30. The van der Waals surface area contributed by atoms with E-state index in [1.165, 1.54) is 6.21 Å². The Morgan fingerprint density at radius 3 is 2.31 bits per heavy atom. The van der Waals surface area contributed by atoms with Crippen LogP contribution in [-0.4, -0.2) is 91.4 Å². The Labute approximate surface area is 175 Å². The standard InChI is InChI=1S/C21H38N8/c1-18(2)20(17-25-24-6-5-9-27-10-7-23-8-11-27)26-21(16-22)29-14-12-28(13-15-29)19(3)4/h5-6,9,16-19,22-23,25H,7-8,10-15H2,1-4H3/b9-5+,20-17+,22-16?,24-6-,26-21+. The van der Waals surface area contributed by atoms with E-state index < -0.39 is 0 Å². The molecule has 2 aliphatic heterocycles. The van der Waals surface area contributed by atoms with Crippen molar-refractivity contribution in [1.82, 2.24) is 25.4 Å². The van der Waals surface area contributed by atoms with Gasteiger partial charge >= 0.3 is 0 Å². The normalized spacial score (nSPS) is 20.5. The van der Waals surface area contributed by atoms with Crippen LogP contribution in [0.25, 0.3) is 0 Å². The Balaban J connectivity index is 1.91. The Bertz CT molecular complexity index is 606. The largest absolute Gasteiger partial charge is 0.375 e. The molecule has 2 heterocycles. The Morgan fingerprint density at radius 2 is 1.72 bits per heavy atom. The molecule has 0 spiro atoms. The highest BCUT2D eigenvalue weighted by Gasteiger charge is 2.20. The summed E-state index contributed by atoms with van der Waals surface area (Å²) in [7, 11) is 0. The summed E-state index contributed by atoms with van der Waals surface area (Å²) >= 11 is 0. The second-order valence-electron chi connectivity index (χ2n) is 7.99. The number of allylic oxidation sites excluding steroid dienone is 2. The van der Waals surface area contributed by atoms with Crippen molar-refractivity contribution in [2.45, 2.75) is 33.7 Å². The quantitative estimate of drug-likeness (QED) is 0.326. The number of rotatable bonds is 8. The molecule has 0 aromatic rings. The fraction of sp³-hybridized carbons (Fsp3) is 0.667. The number of hydrogen-bond acceptors (Lipinski definition) is 7. The Kier molecular flexibility index (Phi) is 9.87. The maximum absolute atomic E-state index is 7.82. The summed E-state index contributed by atoms with van der Waals surface area (Å²) < 4.78 is 0. The molecule has 0 bridgehead atoms. The van der Waals surface area contributed by atoms with E-state index in [4.69, 9.17) is 10.4 Å². The van der Waals surface area contributed by atoms with E-state index in [0.717, 1.165) is 63.9 Å². The number of piperazine rings is 2. The van der Waals surface area contributed by atoms with Crippen LogP contribution in [-0.2, 0) is 0 Å². The average molecular weight is 403 g/mol. The lowest BCUT2D eigenvalue weighted by molar-refractivity contribution is 0.150. The molecule has 0 unspecified atom stereocenters. The summed E-state index contributed by atoms with van der Waals surface area (Å²) in [6.07, 6.45) is 8.96. The van der Waals surface area contributed by atoms with E-state index in [1.807, 2.05) is 12.3 Å². The molecule has 2 aliphatic rings. The van der Waals surface area contributed by atoms with Gasteiger partial charge in [0.15, 0.2) is 0 Å². The van der Waals surface area contributed by atoms with Crippen molar-refractivity contribution in [3.05, 3.63) is 24.2 Å². The third-order valence-electron chi connectivity index (χ3n) is 5.23. The smallest absolute Gasteiger partial charge is 0.146 e. The van der Waals surface area contributed by atoms with Gasteiger partial charge in [-0.2, -0.15) is 5.10 Å². The van der Waals surface area contributed by atoms with Gasteiger partial charge in [-0.1, -0.05) is 13.8 Å². The van der Waals surface area contributed by atoms with Crippen molar-refractivity contribution >= 4 is 18.3 Å². The first-order valence-corrected chi connectivity index (χ1v) is 10.7. The first-order chi connectivity index (χ1) is 14.0. The predicted molar refractivity (Wildman–Crippen MR) is 123 cm³/mol. The highest BCUT2D eigenvalue weighted by Crippen LogP contribution is 2.13. The van der Waals surface area contributed by atoms with Crippen LogP contribution in [0.1, 0.15) is 27.7 Å². The third-order valence-corrected chi connectivity index (χ3v) is 5.23. The van der Waals surface area contributed by atoms with Gasteiger partial charge in [0.05, 0.1) is 11.9 Å². The SMILES string of the molecule is CC(C)C(=C\N/N=C\C=C\N1CCNCC1)/N=C(\C=N)N1CCN(C(C)C)CC1. The molecule has 2 saturated heterocycles. The zero-order valence-electron chi connectivity index (χ0n) is 18.4. The summed E-state index contributed by atoms with van der Waals surface area (Å²) in [5, 5.41) is 15.4. The lowest BCUT2D eigenvalue weighted by atomic mass is 10.1. The summed E-state index contributed by atoms with van der Waals surface area (Å²) in [4.78, 5) is 11.7. The number of aliphatic imine (C=N–C) groups is 1. The van der Waals surface area contributed by atoms with Crippen molar-refractivity contribution in [2.75, 3.05) is 52.4 Å². The zero-order chi connectivity index (χ0) is 21.1. The van der Waals surface area contributed by atoms with E-state index in [9.17, 15) is 0 Å². The number of nitrogens with one attached hydrogen (secondary N) is 3. The molecule has 162 valence electrons. The van der Waals surface area contributed by atoms with Crippen LogP contribution in [0.5, 0.6) is 0 Å². The highest BCUT2D eigenvalue weighted by molar-refractivity contribution is 6.28. The minimum Gasteiger partial charge on any atom is -0.375 e. The second-order valence-corrected chi connectivity index (χ2v) is 7.99. The van der Waals surface area contributed by atoms with Gasteiger partial charge in [0.2, 0.25) is 0 Å². The third kappa shape index (κ3) is 7.98. The van der Waals surface area contributed by atoms with Crippen LogP contribution in [0.4, 0.5) is 0 Å². The average Bonchev–Trinajstić information content (AvgIpc) is 2.73. The van der Waals surface area contributed by atoms with Crippen LogP contribution >= 0.6 is 0 Å². The summed E-state index contributed by atoms with van der Waals surface area (Å²) in [6.45, 7) is 16.6. The van der Waals surface area contributed by atoms with Crippen molar-refractivity contribution in [2.24, 2.45) is 16.0 Å². The lowest BCUT2D eigenvalue weighted by Gasteiger charge is -2.37. The van der Waals surface area contributed by atoms with Crippen LogP contribution in [0.3, 0.4) is 0 Å². The lowest BCUT2D eigenvalue weighted by Crippen LogP contribution is -2.51. The summed E-state index contributed by atoms with van der Waals surface area (Å²) in [5.41, 5.74) is 3.86. The molecule has 3 N–H and O–H groups in total.